The predicted molar refractivity (Wildman–Crippen MR) is 78.4 cm³/mol. The standard InChI is InChI=1S/C15H22ClNO2/c1-3-5-13(17-6-4-2)11-9-14-15(10-12(11)16)19-8-7-18-14/h9-10,13,17H,3-8H2,1-2H3. The lowest BCUT2D eigenvalue weighted by molar-refractivity contribution is 0.171. The lowest BCUT2D eigenvalue weighted by Crippen LogP contribution is -2.23. The van der Waals surface area contributed by atoms with E-state index in [1.54, 1.807) is 0 Å². The van der Waals surface area contributed by atoms with Crippen molar-refractivity contribution in [3.63, 3.8) is 0 Å². The fraction of sp³-hybridized carbons (Fsp3) is 0.600. The molecule has 1 aromatic rings. The van der Waals surface area contributed by atoms with Crippen molar-refractivity contribution in [2.24, 2.45) is 0 Å². The molecule has 0 aliphatic carbocycles. The van der Waals surface area contributed by atoms with Crippen LogP contribution >= 0.6 is 11.6 Å². The van der Waals surface area contributed by atoms with E-state index in [4.69, 9.17) is 21.1 Å². The number of ether oxygens (including phenoxy) is 2. The van der Waals surface area contributed by atoms with Gasteiger partial charge < -0.3 is 14.8 Å². The highest BCUT2D eigenvalue weighted by Crippen LogP contribution is 2.38. The van der Waals surface area contributed by atoms with Crippen LogP contribution in [0, 0.1) is 0 Å². The van der Waals surface area contributed by atoms with Crippen LogP contribution in [0.3, 0.4) is 0 Å². The molecule has 0 aromatic heterocycles. The van der Waals surface area contributed by atoms with E-state index in [9.17, 15) is 0 Å². The van der Waals surface area contributed by atoms with Gasteiger partial charge in [0.1, 0.15) is 13.2 Å². The van der Waals surface area contributed by atoms with E-state index in [-0.39, 0.29) is 6.04 Å². The fourth-order valence-electron chi connectivity index (χ4n) is 2.32. The van der Waals surface area contributed by atoms with Gasteiger partial charge in [-0.3, -0.25) is 0 Å². The van der Waals surface area contributed by atoms with Crippen LogP contribution in [0.15, 0.2) is 12.1 Å². The van der Waals surface area contributed by atoms with E-state index in [2.05, 4.69) is 19.2 Å². The van der Waals surface area contributed by atoms with Crippen LogP contribution in [0.5, 0.6) is 11.5 Å². The first-order valence-electron chi connectivity index (χ1n) is 7.08. The second-order valence-electron chi connectivity index (χ2n) is 4.81. The van der Waals surface area contributed by atoms with Crippen molar-refractivity contribution in [1.29, 1.82) is 0 Å². The number of benzene rings is 1. The highest BCUT2D eigenvalue weighted by Gasteiger charge is 2.19. The van der Waals surface area contributed by atoms with Crippen molar-refractivity contribution in [2.75, 3.05) is 19.8 Å². The lowest BCUT2D eigenvalue weighted by atomic mass is 10.0. The van der Waals surface area contributed by atoms with E-state index >= 15 is 0 Å². The van der Waals surface area contributed by atoms with E-state index in [1.165, 1.54) is 0 Å². The molecule has 1 atom stereocenters. The largest absolute Gasteiger partial charge is 0.486 e. The second-order valence-corrected chi connectivity index (χ2v) is 5.22. The number of hydrogen-bond donors (Lipinski definition) is 1. The zero-order valence-electron chi connectivity index (χ0n) is 11.7. The Labute approximate surface area is 120 Å². The summed E-state index contributed by atoms with van der Waals surface area (Å²) in [6.45, 7) is 6.55. The summed E-state index contributed by atoms with van der Waals surface area (Å²) in [5, 5.41) is 4.31. The van der Waals surface area contributed by atoms with Gasteiger partial charge >= 0.3 is 0 Å². The summed E-state index contributed by atoms with van der Waals surface area (Å²) < 4.78 is 11.2. The fourth-order valence-corrected chi connectivity index (χ4v) is 2.61. The molecule has 4 heteroatoms. The Morgan fingerprint density at radius 3 is 2.47 bits per heavy atom. The third kappa shape index (κ3) is 3.54. The zero-order valence-corrected chi connectivity index (χ0v) is 12.4. The minimum atomic E-state index is 0.285. The molecule has 19 heavy (non-hydrogen) atoms. The summed E-state index contributed by atoms with van der Waals surface area (Å²) >= 11 is 6.40. The van der Waals surface area contributed by atoms with E-state index in [1.807, 2.05) is 12.1 Å². The number of halogens is 1. The quantitative estimate of drug-likeness (QED) is 0.857. The minimum absolute atomic E-state index is 0.285. The molecule has 0 bridgehead atoms. The van der Waals surface area contributed by atoms with Crippen molar-refractivity contribution in [3.8, 4) is 11.5 Å². The number of nitrogens with one attached hydrogen (secondary N) is 1. The van der Waals surface area contributed by atoms with Crippen molar-refractivity contribution in [3.05, 3.63) is 22.7 Å². The molecule has 1 N–H and O–H groups in total. The maximum atomic E-state index is 6.40. The van der Waals surface area contributed by atoms with Gasteiger partial charge in [0, 0.05) is 17.1 Å². The molecule has 1 aromatic carbocycles. The summed E-state index contributed by atoms with van der Waals surface area (Å²) in [5.74, 6) is 1.57. The Morgan fingerprint density at radius 2 is 1.84 bits per heavy atom. The molecule has 0 spiro atoms. The predicted octanol–water partition coefficient (Wildman–Crippen LogP) is 3.95. The number of fused-ring (bicyclic) bond motifs is 1. The molecular formula is C15H22ClNO2. The first-order chi connectivity index (χ1) is 9.26. The molecule has 0 saturated heterocycles. The third-order valence-corrected chi connectivity index (χ3v) is 3.58. The first kappa shape index (κ1) is 14.5. The summed E-state index contributed by atoms with van der Waals surface area (Å²) in [6.07, 6.45) is 3.30. The van der Waals surface area contributed by atoms with Gasteiger partial charge in [-0.2, -0.15) is 0 Å². The summed E-state index contributed by atoms with van der Waals surface area (Å²) in [5.41, 5.74) is 1.11. The summed E-state index contributed by atoms with van der Waals surface area (Å²) in [7, 11) is 0. The Bertz CT molecular complexity index is 423. The summed E-state index contributed by atoms with van der Waals surface area (Å²) in [4.78, 5) is 0. The molecule has 106 valence electrons. The monoisotopic (exact) mass is 283 g/mol. The van der Waals surface area contributed by atoms with Gasteiger partial charge in [0.05, 0.1) is 0 Å². The molecule has 0 fully saturated rings. The number of hydrogen-bond acceptors (Lipinski definition) is 3. The maximum Gasteiger partial charge on any atom is 0.162 e. The van der Waals surface area contributed by atoms with Crippen molar-refractivity contribution >= 4 is 11.6 Å². The third-order valence-electron chi connectivity index (χ3n) is 3.26. The van der Waals surface area contributed by atoms with Gasteiger partial charge in [-0.05, 0) is 31.0 Å². The van der Waals surface area contributed by atoms with Gasteiger partial charge in [-0.15, -0.1) is 0 Å². The van der Waals surface area contributed by atoms with Crippen LogP contribution in [-0.2, 0) is 0 Å². The average Bonchev–Trinajstić information content (AvgIpc) is 2.43. The highest BCUT2D eigenvalue weighted by atomic mass is 35.5. The van der Waals surface area contributed by atoms with Gasteiger partial charge in [0.2, 0.25) is 0 Å². The van der Waals surface area contributed by atoms with E-state index in [0.717, 1.165) is 47.9 Å². The Kier molecular flexibility index (Phi) is 5.34. The van der Waals surface area contributed by atoms with Gasteiger partial charge in [0.15, 0.2) is 11.5 Å². The molecule has 0 saturated carbocycles. The second kappa shape index (κ2) is 7.01. The molecule has 3 nitrogen and oxygen atoms in total. The lowest BCUT2D eigenvalue weighted by Gasteiger charge is -2.24. The minimum Gasteiger partial charge on any atom is -0.486 e. The average molecular weight is 284 g/mol. The highest BCUT2D eigenvalue weighted by molar-refractivity contribution is 6.31. The van der Waals surface area contributed by atoms with Crippen LogP contribution in [0.1, 0.15) is 44.7 Å². The Morgan fingerprint density at radius 1 is 1.16 bits per heavy atom. The molecule has 2 rings (SSSR count). The van der Waals surface area contributed by atoms with Crippen LogP contribution in [0.25, 0.3) is 0 Å². The maximum absolute atomic E-state index is 6.40. The van der Waals surface area contributed by atoms with Crippen molar-refractivity contribution < 1.29 is 9.47 Å². The summed E-state index contributed by atoms with van der Waals surface area (Å²) in [6, 6.07) is 4.19. The molecular weight excluding hydrogens is 262 g/mol. The van der Waals surface area contributed by atoms with Crippen LogP contribution in [0.4, 0.5) is 0 Å². The molecule has 0 amide bonds. The van der Waals surface area contributed by atoms with Crippen LogP contribution in [0.2, 0.25) is 5.02 Å². The number of rotatable bonds is 6. The SMILES string of the molecule is CCCNC(CCC)c1cc2c(cc1Cl)OCCO2. The normalized spacial score (nSPS) is 15.3. The zero-order chi connectivity index (χ0) is 13.7. The Hall–Kier alpha value is -0.930. The van der Waals surface area contributed by atoms with Gasteiger partial charge in [-0.25, -0.2) is 0 Å². The van der Waals surface area contributed by atoms with Crippen molar-refractivity contribution in [1.82, 2.24) is 5.32 Å². The molecule has 0 radical (unpaired) electrons. The van der Waals surface area contributed by atoms with Gasteiger partial charge in [-0.1, -0.05) is 31.9 Å². The topological polar surface area (TPSA) is 30.5 Å². The van der Waals surface area contributed by atoms with Crippen LogP contribution < -0.4 is 14.8 Å². The van der Waals surface area contributed by atoms with Crippen LogP contribution in [-0.4, -0.2) is 19.8 Å². The van der Waals surface area contributed by atoms with E-state index < -0.39 is 0 Å². The van der Waals surface area contributed by atoms with Crippen molar-refractivity contribution in [2.45, 2.75) is 39.2 Å². The molecule has 1 unspecified atom stereocenters. The Balaban J connectivity index is 2.25. The first-order valence-corrected chi connectivity index (χ1v) is 7.46. The smallest absolute Gasteiger partial charge is 0.162 e. The van der Waals surface area contributed by atoms with E-state index in [0.29, 0.717) is 13.2 Å². The molecule has 1 heterocycles. The molecule has 1 aliphatic rings. The van der Waals surface area contributed by atoms with Gasteiger partial charge in [0.25, 0.3) is 0 Å². The molecule has 1 aliphatic heterocycles.